The summed E-state index contributed by atoms with van der Waals surface area (Å²) in [5, 5.41) is 3.04. The van der Waals surface area contributed by atoms with Gasteiger partial charge in [0.05, 0.1) is 0 Å². The lowest BCUT2D eigenvalue weighted by Gasteiger charge is -2.02. The van der Waals surface area contributed by atoms with Crippen LogP contribution in [0.1, 0.15) is 0 Å². The van der Waals surface area contributed by atoms with Crippen molar-refractivity contribution >= 4 is 42.9 Å². The van der Waals surface area contributed by atoms with E-state index in [1.165, 1.54) is 35.0 Å². The molecule has 0 radical (unpaired) electrons. The van der Waals surface area contributed by atoms with Crippen molar-refractivity contribution in [3.05, 3.63) is 35.0 Å². The maximum absolute atomic E-state index is 11.6. The minimum Gasteiger partial charge on any atom is -0.192 e. The molecule has 92 valence electrons. The van der Waals surface area contributed by atoms with Crippen LogP contribution >= 0.6 is 22.7 Å². The molecule has 9 heteroatoms. The quantitative estimate of drug-likeness (QED) is 0.862. The monoisotopic (exact) mass is 310 g/mol. The van der Waals surface area contributed by atoms with E-state index in [2.05, 4.69) is 3.63 Å². The zero-order chi connectivity index (χ0) is 12.5. The lowest BCUT2D eigenvalue weighted by Crippen LogP contribution is -2.12. The number of rotatable bonds is 4. The third-order valence-corrected chi connectivity index (χ3v) is 7.48. The first-order valence-corrected chi connectivity index (χ1v) is 8.77. The minimum absolute atomic E-state index is 0.141. The first kappa shape index (κ1) is 12.7. The maximum atomic E-state index is 11.6. The Morgan fingerprint density at radius 3 is 1.53 bits per heavy atom. The van der Waals surface area contributed by atoms with Gasteiger partial charge in [-0.05, 0) is 22.9 Å². The third-order valence-electron chi connectivity index (χ3n) is 1.66. The highest BCUT2D eigenvalue weighted by atomic mass is 32.3. The van der Waals surface area contributed by atoms with Gasteiger partial charge < -0.3 is 0 Å². The van der Waals surface area contributed by atoms with E-state index in [1.807, 2.05) is 0 Å². The van der Waals surface area contributed by atoms with E-state index in [1.54, 1.807) is 0 Å². The predicted molar refractivity (Wildman–Crippen MR) is 64.1 cm³/mol. The van der Waals surface area contributed by atoms with Crippen molar-refractivity contribution in [2.24, 2.45) is 0 Å². The standard InChI is InChI=1S/C8H6O5S4/c9-16(10,7-3-1-5-14-7)13-17(11,12)8-4-2-6-15-8/h1-6H. The molecule has 17 heavy (non-hydrogen) atoms. The molecule has 0 unspecified atom stereocenters. The molecule has 2 rings (SSSR count). The summed E-state index contributed by atoms with van der Waals surface area (Å²) in [6.07, 6.45) is 0. The van der Waals surface area contributed by atoms with Crippen LogP contribution in [0.15, 0.2) is 43.4 Å². The average molecular weight is 310 g/mol. The van der Waals surface area contributed by atoms with Gasteiger partial charge in [0.25, 0.3) is 0 Å². The van der Waals surface area contributed by atoms with Crippen LogP contribution in [0.4, 0.5) is 0 Å². The van der Waals surface area contributed by atoms with Gasteiger partial charge in [0.15, 0.2) is 0 Å². The Balaban J connectivity index is 2.35. The summed E-state index contributed by atoms with van der Waals surface area (Å²) in [5.74, 6) is 0. The topological polar surface area (TPSA) is 77.5 Å². The van der Waals surface area contributed by atoms with Gasteiger partial charge >= 0.3 is 20.2 Å². The second-order valence-electron chi connectivity index (χ2n) is 2.84. The second-order valence-corrected chi connectivity index (χ2v) is 8.49. The molecule has 0 fully saturated rings. The summed E-state index contributed by atoms with van der Waals surface area (Å²) in [6.45, 7) is 0. The normalized spacial score (nSPS) is 12.7. The summed E-state index contributed by atoms with van der Waals surface area (Å²) >= 11 is 1.79. The highest BCUT2D eigenvalue weighted by molar-refractivity contribution is 8.01. The second kappa shape index (κ2) is 4.50. The van der Waals surface area contributed by atoms with E-state index >= 15 is 0 Å². The van der Waals surface area contributed by atoms with Gasteiger partial charge in [0, 0.05) is 0 Å². The third kappa shape index (κ3) is 2.75. The highest BCUT2D eigenvalue weighted by Crippen LogP contribution is 2.25. The lowest BCUT2D eigenvalue weighted by atomic mass is 10.7. The number of thiophene rings is 2. The maximum Gasteiger partial charge on any atom is 0.321 e. The van der Waals surface area contributed by atoms with Crippen molar-refractivity contribution in [3.63, 3.8) is 0 Å². The largest absolute Gasteiger partial charge is 0.321 e. The number of hydrogen-bond donors (Lipinski definition) is 0. The Hall–Kier alpha value is -0.740. The van der Waals surface area contributed by atoms with Gasteiger partial charge in [-0.2, -0.15) is 16.8 Å². The highest BCUT2D eigenvalue weighted by Gasteiger charge is 2.27. The zero-order valence-corrected chi connectivity index (χ0v) is 11.4. The van der Waals surface area contributed by atoms with E-state index in [4.69, 9.17) is 0 Å². The SMILES string of the molecule is O=S(=O)(OS(=O)(=O)c1cccs1)c1cccs1. The smallest absolute Gasteiger partial charge is 0.192 e. The van der Waals surface area contributed by atoms with Gasteiger partial charge in [0.2, 0.25) is 0 Å². The summed E-state index contributed by atoms with van der Waals surface area (Å²) in [7, 11) is -8.53. The molecule has 0 aliphatic rings. The van der Waals surface area contributed by atoms with Crippen LogP contribution in [0.5, 0.6) is 0 Å². The minimum atomic E-state index is -4.26. The van der Waals surface area contributed by atoms with Crippen LogP contribution in [-0.4, -0.2) is 16.8 Å². The Morgan fingerprint density at radius 2 is 1.24 bits per heavy atom. The molecule has 0 saturated carbocycles. The van der Waals surface area contributed by atoms with Crippen LogP contribution in [0.3, 0.4) is 0 Å². The van der Waals surface area contributed by atoms with Crippen LogP contribution in [0.25, 0.3) is 0 Å². The molecule has 0 aromatic carbocycles. The van der Waals surface area contributed by atoms with E-state index < -0.39 is 20.2 Å². The van der Waals surface area contributed by atoms with Crippen molar-refractivity contribution in [1.82, 2.24) is 0 Å². The molecule has 0 saturated heterocycles. The molecule has 2 aromatic rings. The van der Waals surface area contributed by atoms with E-state index in [0.717, 1.165) is 22.7 Å². The Bertz CT molecular complexity index is 617. The molecule has 5 nitrogen and oxygen atoms in total. The Kier molecular flexibility index (Phi) is 3.36. The van der Waals surface area contributed by atoms with Crippen LogP contribution < -0.4 is 0 Å². The van der Waals surface area contributed by atoms with Crippen molar-refractivity contribution in [3.8, 4) is 0 Å². The number of hydrogen-bond acceptors (Lipinski definition) is 7. The molecule has 0 spiro atoms. The molecule has 0 N–H and O–H groups in total. The van der Waals surface area contributed by atoms with Crippen LogP contribution in [-0.2, 0) is 23.9 Å². The molecule has 0 aliphatic heterocycles. The fraction of sp³-hybridized carbons (Fsp3) is 0. The molecule has 0 amide bonds. The zero-order valence-electron chi connectivity index (χ0n) is 8.14. The van der Waals surface area contributed by atoms with E-state index in [9.17, 15) is 16.8 Å². The molecule has 0 aliphatic carbocycles. The van der Waals surface area contributed by atoms with Crippen molar-refractivity contribution in [1.29, 1.82) is 0 Å². The molecular weight excluding hydrogens is 304 g/mol. The van der Waals surface area contributed by atoms with Crippen LogP contribution in [0, 0.1) is 0 Å². The van der Waals surface area contributed by atoms with Crippen molar-refractivity contribution < 1.29 is 20.5 Å². The van der Waals surface area contributed by atoms with E-state index in [0.29, 0.717) is 0 Å². The summed E-state index contributed by atoms with van der Waals surface area (Å²) in [5.41, 5.74) is 0. The summed E-state index contributed by atoms with van der Waals surface area (Å²) < 4.78 is 50.5. The van der Waals surface area contributed by atoms with Crippen molar-refractivity contribution in [2.75, 3.05) is 0 Å². The lowest BCUT2D eigenvalue weighted by molar-refractivity contribution is 0.465. The molecule has 0 bridgehead atoms. The first-order chi connectivity index (χ1) is 7.92. The predicted octanol–water partition coefficient (Wildman–Crippen LogP) is 1.90. The molecule has 0 atom stereocenters. The Morgan fingerprint density at radius 1 is 0.824 bits per heavy atom. The molecule has 2 aromatic heterocycles. The van der Waals surface area contributed by atoms with E-state index in [-0.39, 0.29) is 8.42 Å². The van der Waals surface area contributed by atoms with Gasteiger partial charge in [0.1, 0.15) is 8.42 Å². The summed E-state index contributed by atoms with van der Waals surface area (Å²) in [4.78, 5) is 0. The summed E-state index contributed by atoms with van der Waals surface area (Å²) in [6, 6.07) is 5.56. The van der Waals surface area contributed by atoms with Crippen molar-refractivity contribution in [2.45, 2.75) is 8.42 Å². The Labute approximate surface area is 107 Å². The first-order valence-electron chi connectivity index (χ1n) is 4.20. The van der Waals surface area contributed by atoms with Crippen LogP contribution in [0.2, 0.25) is 0 Å². The van der Waals surface area contributed by atoms with Gasteiger partial charge in [-0.1, -0.05) is 12.1 Å². The average Bonchev–Trinajstić information content (AvgIpc) is 2.91. The molecule has 2 heterocycles. The van der Waals surface area contributed by atoms with Gasteiger partial charge in [-0.3, -0.25) is 0 Å². The molecular formula is C8H6O5S4. The van der Waals surface area contributed by atoms with Gasteiger partial charge in [-0.15, -0.1) is 26.3 Å². The fourth-order valence-corrected chi connectivity index (χ4v) is 5.64. The fourth-order valence-electron chi connectivity index (χ4n) is 0.996. The van der Waals surface area contributed by atoms with Gasteiger partial charge in [-0.25, -0.2) is 0 Å².